The molecule has 0 amide bonds. The van der Waals surface area contributed by atoms with E-state index in [2.05, 4.69) is 10.1 Å². The van der Waals surface area contributed by atoms with Gasteiger partial charge >= 0.3 is 0 Å². The van der Waals surface area contributed by atoms with Gasteiger partial charge in [-0.25, -0.2) is 17.9 Å². The van der Waals surface area contributed by atoms with E-state index >= 15 is 0 Å². The van der Waals surface area contributed by atoms with Crippen LogP contribution < -0.4 is 0 Å². The van der Waals surface area contributed by atoms with Crippen LogP contribution >= 0.6 is 22.6 Å². The molecule has 1 fully saturated rings. The molecular formula is C11H12IN3O2S. The lowest BCUT2D eigenvalue weighted by molar-refractivity contribution is 0.591. The smallest absolute Gasteiger partial charge is 0.198 e. The van der Waals surface area contributed by atoms with Crippen LogP contribution in [0.4, 0.5) is 0 Å². The van der Waals surface area contributed by atoms with Gasteiger partial charge in [-0.15, -0.1) is 0 Å². The fraction of sp³-hybridized carbons (Fsp3) is 0.455. The molecule has 96 valence electrons. The standard InChI is InChI=1S/C11H12IN3O2S/c1-2-18(16,17)11-9(12)10-13-6-5-8(7-3-4-7)15(10)14-11/h5-7H,2-4H2,1H3. The molecule has 1 saturated carbocycles. The van der Waals surface area contributed by atoms with E-state index in [0.29, 0.717) is 15.1 Å². The monoisotopic (exact) mass is 377 g/mol. The highest BCUT2D eigenvalue weighted by atomic mass is 127. The molecule has 0 aliphatic heterocycles. The highest BCUT2D eigenvalue weighted by Gasteiger charge is 2.29. The summed E-state index contributed by atoms with van der Waals surface area (Å²) in [6.45, 7) is 1.63. The molecular weight excluding hydrogens is 365 g/mol. The molecule has 1 aliphatic rings. The first kappa shape index (κ1) is 12.3. The Morgan fingerprint density at radius 1 is 1.50 bits per heavy atom. The lowest BCUT2D eigenvalue weighted by Crippen LogP contribution is -2.06. The second-order valence-electron chi connectivity index (χ2n) is 4.40. The van der Waals surface area contributed by atoms with Crippen molar-refractivity contribution in [2.75, 3.05) is 5.75 Å². The van der Waals surface area contributed by atoms with Crippen molar-refractivity contribution in [3.63, 3.8) is 0 Å². The van der Waals surface area contributed by atoms with Crippen molar-refractivity contribution in [1.82, 2.24) is 14.6 Å². The predicted octanol–water partition coefficient (Wildman–Crippen LogP) is 2.00. The first-order valence-corrected chi connectivity index (χ1v) is 8.53. The minimum atomic E-state index is -3.29. The number of sulfone groups is 1. The maximum atomic E-state index is 12.0. The summed E-state index contributed by atoms with van der Waals surface area (Å²) < 4.78 is 26.3. The molecule has 2 heterocycles. The van der Waals surface area contributed by atoms with Crippen LogP contribution in [0.1, 0.15) is 31.4 Å². The zero-order valence-corrected chi connectivity index (χ0v) is 12.8. The minimum absolute atomic E-state index is 0.0612. The molecule has 0 radical (unpaired) electrons. The molecule has 0 saturated heterocycles. The molecule has 0 aromatic carbocycles. The fourth-order valence-corrected chi connectivity index (χ4v) is 4.27. The summed E-state index contributed by atoms with van der Waals surface area (Å²) in [4.78, 5) is 4.25. The van der Waals surface area contributed by atoms with Crippen molar-refractivity contribution in [2.45, 2.75) is 30.7 Å². The zero-order chi connectivity index (χ0) is 12.9. The summed E-state index contributed by atoms with van der Waals surface area (Å²) in [5.74, 6) is 0.564. The lowest BCUT2D eigenvalue weighted by atomic mass is 10.3. The van der Waals surface area contributed by atoms with E-state index in [1.54, 1.807) is 17.6 Å². The van der Waals surface area contributed by atoms with Crippen molar-refractivity contribution in [3.05, 3.63) is 21.5 Å². The van der Waals surface area contributed by atoms with Gasteiger partial charge < -0.3 is 0 Å². The number of hydrogen-bond donors (Lipinski definition) is 0. The Morgan fingerprint density at radius 2 is 2.22 bits per heavy atom. The largest absolute Gasteiger partial charge is 0.236 e. The Bertz CT molecular complexity index is 719. The average molecular weight is 377 g/mol. The van der Waals surface area contributed by atoms with E-state index in [9.17, 15) is 8.42 Å². The van der Waals surface area contributed by atoms with Gasteiger partial charge in [0.2, 0.25) is 0 Å². The second kappa shape index (κ2) is 4.16. The van der Waals surface area contributed by atoms with Crippen molar-refractivity contribution in [1.29, 1.82) is 0 Å². The van der Waals surface area contributed by atoms with Crippen LogP contribution in [-0.4, -0.2) is 28.8 Å². The summed E-state index contributed by atoms with van der Waals surface area (Å²) in [6.07, 6.45) is 4.02. The Morgan fingerprint density at radius 3 is 2.83 bits per heavy atom. The van der Waals surface area contributed by atoms with Crippen LogP contribution in [0.2, 0.25) is 0 Å². The highest BCUT2D eigenvalue weighted by Crippen LogP contribution is 2.40. The van der Waals surface area contributed by atoms with Crippen LogP contribution in [0, 0.1) is 3.57 Å². The fourth-order valence-electron chi connectivity index (χ4n) is 1.94. The van der Waals surface area contributed by atoms with Gasteiger partial charge in [0, 0.05) is 17.8 Å². The van der Waals surface area contributed by atoms with Crippen LogP contribution in [0.5, 0.6) is 0 Å². The molecule has 2 aromatic rings. The number of halogens is 1. The van der Waals surface area contributed by atoms with Crippen LogP contribution in [0.3, 0.4) is 0 Å². The molecule has 3 rings (SSSR count). The van der Waals surface area contributed by atoms with Crippen molar-refractivity contribution in [3.8, 4) is 0 Å². The number of fused-ring (bicyclic) bond motifs is 1. The number of hydrogen-bond acceptors (Lipinski definition) is 4. The van der Waals surface area contributed by atoms with E-state index in [0.717, 1.165) is 18.5 Å². The summed E-state index contributed by atoms with van der Waals surface area (Å²) in [5.41, 5.74) is 1.71. The van der Waals surface area contributed by atoms with E-state index in [1.165, 1.54) is 0 Å². The van der Waals surface area contributed by atoms with Gasteiger partial charge in [-0.2, -0.15) is 5.10 Å². The molecule has 0 unspecified atom stereocenters. The maximum Gasteiger partial charge on any atom is 0.198 e. The number of aromatic nitrogens is 3. The van der Waals surface area contributed by atoms with Crippen LogP contribution in [-0.2, 0) is 9.84 Å². The van der Waals surface area contributed by atoms with Gasteiger partial charge in [0.05, 0.1) is 9.32 Å². The molecule has 0 bridgehead atoms. The Kier molecular flexibility index (Phi) is 2.85. The quantitative estimate of drug-likeness (QED) is 0.768. The molecule has 5 nitrogen and oxygen atoms in total. The average Bonchev–Trinajstić information content (AvgIpc) is 3.14. The summed E-state index contributed by atoms with van der Waals surface area (Å²) in [5, 5.41) is 4.43. The van der Waals surface area contributed by atoms with Crippen molar-refractivity contribution < 1.29 is 8.42 Å². The summed E-state index contributed by atoms with van der Waals surface area (Å²) >= 11 is 2.02. The Labute approximate surface area is 119 Å². The van der Waals surface area contributed by atoms with Gasteiger partial charge in [0.1, 0.15) is 0 Å². The topological polar surface area (TPSA) is 64.3 Å². The van der Waals surface area contributed by atoms with Gasteiger partial charge in [-0.3, -0.25) is 0 Å². The Hall–Kier alpha value is -0.700. The van der Waals surface area contributed by atoms with Crippen molar-refractivity contribution in [2.24, 2.45) is 0 Å². The van der Waals surface area contributed by atoms with E-state index < -0.39 is 9.84 Å². The van der Waals surface area contributed by atoms with Gasteiger partial charge in [0.15, 0.2) is 20.5 Å². The SMILES string of the molecule is CCS(=O)(=O)c1nn2c(C3CC3)ccnc2c1I. The number of rotatable bonds is 3. The van der Waals surface area contributed by atoms with Crippen LogP contribution in [0.25, 0.3) is 5.65 Å². The molecule has 0 N–H and O–H groups in total. The van der Waals surface area contributed by atoms with E-state index in [-0.39, 0.29) is 10.8 Å². The van der Waals surface area contributed by atoms with Crippen molar-refractivity contribution >= 4 is 38.1 Å². The summed E-state index contributed by atoms with van der Waals surface area (Å²) in [6, 6.07) is 1.93. The zero-order valence-electron chi connectivity index (χ0n) is 9.80. The van der Waals surface area contributed by atoms with Gasteiger partial charge in [-0.05, 0) is 41.5 Å². The third-order valence-corrected chi connectivity index (χ3v) is 6.13. The second-order valence-corrected chi connectivity index (χ2v) is 7.67. The van der Waals surface area contributed by atoms with E-state index in [4.69, 9.17) is 0 Å². The molecule has 7 heteroatoms. The third kappa shape index (κ3) is 1.83. The van der Waals surface area contributed by atoms with Crippen LogP contribution in [0.15, 0.2) is 17.3 Å². The first-order chi connectivity index (χ1) is 8.54. The normalized spacial score (nSPS) is 16.3. The molecule has 18 heavy (non-hydrogen) atoms. The highest BCUT2D eigenvalue weighted by molar-refractivity contribution is 14.1. The lowest BCUT2D eigenvalue weighted by Gasteiger charge is -2.00. The molecule has 2 aromatic heterocycles. The number of nitrogens with zero attached hydrogens (tertiary/aromatic N) is 3. The Balaban J connectivity index is 2.31. The molecule has 0 atom stereocenters. The molecule has 1 aliphatic carbocycles. The third-order valence-electron chi connectivity index (χ3n) is 3.13. The summed E-state index contributed by atoms with van der Waals surface area (Å²) in [7, 11) is -3.29. The van der Waals surface area contributed by atoms with Gasteiger partial charge in [-0.1, -0.05) is 6.92 Å². The molecule has 0 spiro atoms. The maximum absolute atomic E-state index is 12.0. The van der Waals surface area contributed by atoms with E-state index in [1.807, 2.05) is 28.7 Å². The first-order valence-electron chi connectivity index (χ1n) is 5.80. The predicted molar refractivity (Wildman–Crippen MR) is 75.4 cm³/mol. The minimum Gasteiger partial charge on any atom is -0.236 e. The van der Waals surface area contributed by atoms with Gasteiger partial charge in [0.25, 0.3) is 0 Å².